The van der Waals surface area contributed by atoms with Crippen LogP contribution in [0.5, 0.6) is 0 Å². The van der Waals surface area contributed by atoms with E-state index in [1.807, 2.05) is 6.07 Å². The molecular formula is C11H11NO3. The molecule has 0 atom stereocenters. The number of carboxylic acid groups (broad SMARTS) is 1. The summed E-state index contributed by atoms with van der Waals surface area (Å²) >= 11 is 0. The van der Waals surface area contributed by atoms with Crippen molar-refractivity contribution >= 4 is 17.6 Å². The highest BCUT2D eigenvalue weighted by atomic mass is 16.4. The predicted molar refractivity (Wildman–Crippen MR) is 56.6 cm³/mol. The molecule has 0 unspecified atom stereocenters. The van der Waals surface area contributed by atoms with E-state index in [2.05, 4.69) is 0 Å². The van der Waals surface area contributed by atoms with Gasteiger partial charge in [-0.1, -0.05) is 18.2 Å². The lowest BCUT2D eigenvalue weighted by Crippen LogP contribution is -2.24. The third-order valence-corrected chi connectivity index (χ3v) is 1.84. The van der Waals surface area contributed by atoms with E-state index in [1.54, 1.807) is 31.3 Å². The van der Waals surface area contributed by atoms with Gasteiger partial charge >= 0.3 is 5.97 Å². The Morgan fingerprint density at radius 1 is 1.20 bits per heavy atom. The van der Waals surface area contributed by atoms with E-state index in [9.17, 15) is 9.59 Å². The molecule has 0 radical (unpaired) electrons. The number of para-hydroxylation sites is 1. The number of hydrogen-bond donors (Lipinski definition) is 1. The molecule has 1 aromatic carbocycles. The molecule has 0 fully saturated rings. The smallest absolute Gasteiger partial charge is 0.328 e. The van der Waals surface area contributed by atoms with Crippen LogP contribution in [-0.4, -0.2) is 24.0 Å². The molecule has 0 aliphatic rings. The van der Waals surface area contributed by atoms with Crippen LogP contribution >= 0.6 is 0 Å². The summed E-state index contributed by atoms with van der Waals surface area (Å²) in [6, 6.07) is 8.99. The second-order valence-electron chi connectivity index (χ2n) is 2.90. The molecule has 0 saturated carbocycles. The number of carboxylic acids is 1. The highest BCUT2D eigenvalue weighted by Crippen LogP contribution is 2.10. The average molecular weight is 205 g/mol. The van der Waals surface area contributed by atoms with Crippen molar-refractivity contribution in [2.45, 2.75) is 0 Å². The Bertz CT molecular complexity index is 384. The standard InChI is InChI=1S/C11H11NO3/c1-12(9-5-3-2-4-6-9)10(13)7-8-11(14)15/h2-8H,1H3,(H,14,15)/b8-7-. The fourth-order valence-corrected chi connectivity index (χ4v) is 1.03. The topological polar surface area (TPSA) is 57.6 Å². The highest BCUT2D eigenvalue weighted by molar-refractivity contribution is 6.03. The summed E-state index contributed by atoms with van der Waals surface area (Å²) in [5.41, 5.74) is 0.720. The van der Waals surface area contributed by atoms with Crippen molar-refractivity contribution in [1.82, 2.24) is 0 Å². The van der Waals surface area contributed by atoms with Gasteiger partial charge in [0.2, 0.25) is 0 Å². The van der Waals surface area contributed by atoms with Crippen molar-refractivity contribution in [2.24, 2.45) is 0 Å². The first-order chi connectivity index (χ1) is 7.11. The maximum Gasteiger partial charge on any atom is 0.328 e. The van der Waals surface area contributed by atoms with Crippen LogP contribution in [0.1, 0.15) is 0 Å². The number of nitrogens with zero attached hydrogens (tertiary/aromatic N) is 1. The number of benzene rings is 1. The van der Waals surface area contributed by atoms with Crippen LogP contribution in [0.2, 0.25) is 0 Å². The van der Waals surface area contributed by atoms with Crippen LogP contribution in [0.25, 0.3) is 0 Å². The Labute approximate surface area is 87.4 Å². The van der Waals surface area contributed by atoms with E-state index < -0.39 is 5.97 Å². The van der Waals surface area contributed by atoms with Crippen LogP contribution in [-0.2, 0) is 9.59 Å². The fraction of sp³-hybridized carbons (Fsp3) is 0.0909. The van der Waals surface area contributed by atoms with Gasteiger partial charge in [0.1, 0.15) is 0 Å². The SMILES string of the molecule is CN(C(=O)/C=C\C(=O)O)c1ccccc1. The van der Waals surface area contributed by atoms with Crippen LogP contribution in [0.4, 0.5) is 5.69 Å². The zero-order valence-corrected chi connectivity index (χ0v) is 8.25. The molecule has 78 valence electrons. The summed E-state index contributed by atoms with van der Waals surface area (Å²) in [4.78, 5) is 23.0. The Morgan fingerprint density at radius 3 is 2.33 bits per heavy atom. The molecule has 4 nitrogen and oxygen atoms in total. The summed E-state index contributed by atoms with van der Waals surface area (Å²) < 4.78 is 0. The first-order valence-corrected chi connectivity index (χ1v) is 4.35. The van der Waals surface area contributed by atoms with Gasteiger partial charge in [-0.3, -0.25) is 4.79 Å². The zero-order chi connectivity index (χ0) is 11.3. The van der Waals surface area contributed by atoms with E-state index in [1.165, 1.54) is 4.90 Å². The quantitative estimate of drug-likeness (QED) is 0.756. The molecule has 0 bridgehead atoms. The molecule has 1 amide bonds. The molecule has 0 spiro atoms. The minimum Gasteiger partial charge on any atom is -0.478 e. The van der Waals surface area contributed by atoms with E-state index in [-0.39, 0.29) is 5.91 Å². The number of aliphatic carboxylic acids is 1. The molecule has 1 rings (SSSR count). The lowest BCUT2D eigenvalue weighted by atomic mass is 10.3. The van der Waals surface area contributed by atoms with Gasteiger partial charge in [-0.25, -0.2) is 4.79 Å². The number of anilines is 1. The van der Waals surface area contributed by atoms with Gasteiger partial charge in [0.05, 0.1) is 0 Å². The summed E-state index contributed by atoms with van der Waals surface area (Å²) in [7, 11) is 1.59. The second kappa shape index (κ2) is 4.95. The van der Waals surface area contributed by atoms with Gasteiger partial charge in [-0.2, -0.15) is 0 Å². The number of likely N-dealkylation sites (N-methyl/N-ethyl adjacent to an activating group) is 1. The van der Waals surface area contributed by atoms with Crippen molar-refractivity contribution in [3.8, 4) is 0 Å². The molecule has 0 aliphatic carbocycles. The molecule has 15 heavy (non-hydrogen) atoms. The average Bonchev–Trinajstić information content (AvgIpc) is 2.26. The number of hydrogen-bond acceptors (Lipinski definition) is 2. The Hall–Kier alpha value is -2.10. The Kier molecular flexibility index (Phi) is 3.62. The normalized spacial score (nSPS) is 10.2. The minimum absolute atomic E-state index is 0.372. The van der Waals surface area contributed by atoms with Gasteiger partial charge < -0.3 is 10.0 Å². The van der Waals surface area contributed by atoms with Gasteiger partial charge in [0, 0.05) is 24.9 Å². The third-order valence-electron chi connectivity index (χ3n) is 1.84. The summed E-state index contributed by atoms with van der Waals surface area (Å²) in [5.74, 6) is -1.51. The van der Waals surface area contributed by atoms with Gasteiger partial charge in [0.25, 0.3) is 5.91 Å². The van der Waals surface area contributed by atoms with Crippen molar-refractivity contribution in [3.63, 3.8) is 0 Å². The summed E-state index contributed by atoms with van der Waals surface area (Å²) in [6.07, 6.45) is 1.84. The zero-order valence-electron chi connectivity index (χ0n) is 8.25. The first-order valence-electron chi connectivity index (χ1n) is 4.35. The third kappa shape index (κ3) is 3.27. The number of carbonyl (C=O) groups is 2. The van der Waals surface area contributed by atoms with Gasteiger partial charge in [-0.05, 0) is 12.1 Å². The molecule has 0 saturated heterocycles. The van der Waals surface area contributed by atoms with E-state index >= 15 is 0 Å². The Morgan fingerprint density at radius 2 is 1.80 bits per heavy atom. The number of carbonyl (C=O) groups excluding carboxylic acids is 1. The monoisotopic (exact) mass is 205 g/mol. The van der Waals surface area contributed by atoms with E-state index in [0.29, 0.717) is 0 Å². The maximum atomic E-state index is 11.4. The lowest BCUT2D eigenvalue weighted by Gasteiger charge is -2.14. The van der Waals surface area contributed by atoms with Crippen LogP contribution in [0.15, 0.2) is 42.5 Å². The van der Waals surface area contributed by atoms with Gasteiger partial charge in [0.15, 0.2) is 0 Å². The second-order valence-corrected chi connectivity index (χ2v) is 2.90. The first kappa shape index (κ1) is 11.0. The van der Waals surface area contributed by atoms with Crippen molar-refractivity contribution in [1.29, 1.82) is 0 Å². The molecule has 1 aromatic rings. The molecule has 0 aromatic heterocycles. The maximum absolute atomic E-state index is 11.4. The lowest BCUT2D eigenvalue weighted by molar-refractivity contribution is -0.131. The minimum atomic E-state index is -1.13. The highest BCUT2D eigenvalue weighted by Gasteiger charge is 2.06. The molecule has 0 aliphatic heterocycles. The largest absolute Gasteiger partial charge is 0.478 e. The molecule has 4 heteroatoms. The van der Waals surface area contributed by atoms with Crippen LogP contribution in [0, 0.1) is 0 Å². The molecular weight excluding hydrogens is 194 g/mol. The Balaban J connectivity index is 2.74. The van der Waals surface area contributed by atoms with Crippen LogP contribution < -0.4 is 4.90 Å². The fourth-order valence-electron chi connectivity index (χ4n) is 1.03. The van der Waals surface area contributed by atoms with Gasteiger partial charge in [-0.15, -0.1) is 0 Å². The molecule has 0 heterocycles. The number of rotatable bonds is 3. The van der Waals surface area contributed by atoms with Crippen molar-refractivity contribution in [3.05, 3.63) is 42.5 Å². The van der Waals surface area contributed by atoms with E-state index in [0.717, 1.165) is 17.8 Å². The van der Waals surface area contributed by atoms with Crippen molar-refractivity contribution in [2.75, 3.05) is 11.9 Å². The summed E-state index contributed by atoms with van der Waals surface area (Å²) in [6.45, 7) is 0. The number of amides is 1. The predicted octanol–water partition coefficient (Wildman–Crippen LogP) is 1.29. The van der Waals surface area contributed by atoms with E-state index in [4.69, 9.17) is 5.11 Å². The van der Waals surface area contributed by atoms with Crippen LogP contribution in [0.3, 0.4) is 0 Å². The molecule has 1 N–H and O–H groups in total. The van der Waals surface area contributed by atoms with Crippen molar-refractivity contribution < 1.29 is 14.7 Å². The summed E-state index contributed by atoms with van der Waals surface area (Å²) in [5, 5.41) is 8.36.